The van der Waals surface area contributed by atoms with E-state index in [2.05, 4.69) is 15.0 Å². The number of esters is 1. The van der Waals surface area contributed by atoms with E-state index in [1.807, 2.05) is 6.07 Å². The van der Waals surface area contributed by atoms with Crippen LogP contribution in [0.4, 0.5) is 5.82 Å². The lowest BCUT2D eigenvalue weighted by Gasteiger charge is -2.20. The van der Waals surface area contributed by atoms with Crippen LogP contribution in [0.2, 0.25) is 0 Å². The molecule has 2 aromatic heterocycles. The normalized spacial score (nSPS) is 21.8. The molecule has 2 aromatic carbocycles. The second kappa shape index (κ2) is 9.22. The number of aromatic nitrogens is 4. The molecule has 178 valence electrons. The molecule has 4 aromatic rings. The highest BCUT2D eigenvalue weighted by atomic mass is 16.6. The third-order valence-corrected chi connectivity index (χ3v) is 5.81. The molecule has 0 aliphatic carbocycles. The van der Waals surface area contributed by atoms with Crippen molar-refractivity contribution in [1.29, 1.82) is 0 Å². The van der Waals surface area contributed by atoms with Crippen molar-refractivity contribution in [3.05, 3.63) is 83.9 Å². The number of hydrogen-bond donors (Lipinski definition) is 3. The highest BCUT2D eigenvalue weighted by Crippen LogP contribution is 2.34. The number of carbonyl (C=O) groups is 2. The van der Waals surface area contributed by atoms with Crippen LogP contribution in [0.5, 0.6) is 0 Å². The lowest BCUT2D eigenvalue weighted by atomic mass is 10.0. The van der Waals surface area contributed by atoms with Gasteiger partial charge in [-0.1, -0.05) is 42.5 Å². The van der Waals surface area contributed by atoms with Gasteiger partial charge in [-0.25, -0.2) is 19.7 Å². The number of imidazole rings is 1. The van der Waals surface area contributed by atoms with Crippen LogP contribution in [0.25, 0.3) is 11.2 Å². The third kappa shape index (κ3) is 4.12. The summed E-state index contributed by atoms with van der Waals surface area (Å²) in [4.78, 5) is 37.5. The van der Waals surface area contributed by atoms with Crippen LogP contribution >= 0.6 is 0 Å². The van der Waals surface area contributed by atoms with Gasteiger partial charge in [0.05, 0.1) is 18.5 Å². The summed E-state index contributed by atoms with van der Waals surface area (Å²) in [5, 5.41) is 20.7. The van der Waals surface area contributed by atoms with Crippen molar-refractivity contribution in [2.75, 3.05) is 12.3 Å². The van der Waals surface area contributed by atoms with E-state index in [-0.39, 0.29) is 17.2 Å². The summed E-state index contributed by atoms with van der Waals surface area (Å²) in [6.45, 7) is -0.500. The van der Waals surface area contributed by atoms with Crippen LogP contribution in [-0.2, 0) is 9.47 Å². The summed E-state index contributed by atoms with van der Waals surface area (Å²) in [6.07, 6.45) is -1.89. The van der Waals surface area contributed by atoms with Crippen molar-refractivity contribution < 1.29 is 29.3 Å². The largest absolute Gasteiger partial charge is 0.453 e. The maximum Gasteiger partial charge on any atom is 0.338 e. The second-order valence-electron chi connectivity index (χ2n) is 7.96. The molecule has 11 heteroatoms. The van der Waals surface area contributed by atoms with Gasteiger partial charge in [0.25, 0.3) is 0 Å². The lowest BCUT2D eigenvalue weighted by molar-refractivity contribution is -0.0529. The molecular weight excluding hydrogens is 454 g/mol. The van der Waals surface area contributed by atoms with E-state index in [4.69, 9.17) is 15.2 Å². The summed E-state index contributed by atoms with van der Waals surface area (Å²) in [6, 6.07) is 14.8. The monoisotopic (exact) mass is 475 g/mol. The van der Waals surface area contributed by atoms with Crippen molar-refractivity contribution in [2.24, 2.45) is 0 Å². The molecule has 4 N–H and O–H groups in total. The predicted molar refractivity (Wildman–Crippen MR) is 122 cm³/mol. The molecule has 0 spiro atoms. The van der Waals surface area contributed by atoms with Crippen molar-refractivity contribution in [3.63, 3.8) is 0 Å². The van der Waals surface area contributed by atoms with Crippen LogP contribution in [-0.4, -0.2) is 66.4 Å². The van der Waals surface area contributed by atoms with Gasteiger partial charge in [0.2, 0.25) is 0 Å². The first kappa shape index (κ1) is 22.6. The molecule has 2 unspecified atom stereocenters. The number of aliphatic hydroxyl groups is 2. The van der Waals surface area contributed by atoms with E-state index in [1.165, 1.54) is 41.5 Å². The Morgan fingerprint density at radius 3 is 2.40 bits per heavy atom. The third-order valence-electron chi connectivity index (χ3n) is 5.81. The first-order chi connectivity index (χ1) is 17.0. The van der Waals surface area contributed by atoms with Gasteiger partial charge in [-0.3, -0.25) is 9.36 Å². The molecule has 0 amide bonds. The summed E-state index contributed by atoms with van der Waals surface area (Å²) >= 11 is 0. The Bertz CT molecular complexity index is 1370. The summed E-state index contributed by atoms with van der Waals surface area (Å²) in [5.74, 6) is -0.750. The number of hydrogen-bond acceptors (Lipinski definition) is 10. The number of ketones is 1. The van der Waals surface area contributed by atoms with E-state index in [0.29, 0.717) is 22.3 Å². The molecular formula is C24H21N5O6. The zero-order valence-electron chi connectivity index (χ0n) is 18.3. The van der Waals surface area contributed by atoms with Crippen molar-refractivity contribution in [3.8, 4) is 0 Å². The fraction of sp³-hybridized carbons (Fsp3) is 0.208. The van der Waals surface area contributed by atoms with Crippen LogP contribution < -0.4 is 5.73 Å². The standard InChI is InChI=1S/C24H21N5O6/c25-21-17-22(27-11-26-21)29(12-28-17)23-19(32)20(16(10-30)34-23)35-24(33)15-8-6-14(7-9-15)18(31)13-4-2-1-3-5-13/h1-9,11-12,16,19-20,23,30,32H,10H2,(H2,25,26,27)/t16-,19?,20?,23-/m1/s1. The number of fused-ring (bicyclic) bond motifs is 1. The quantitative estimate of drug-likeness (QED) is 0.272. The minimum Gasteiger partial charge on any atom is -0.453 e. The average molecular weight is 475 g/mol. The molecule has 0 radical (unpaired) electrons. The number of nitrogens with two attached hydrogens (primary N) is 1. The topological polar surface area (TPSA) is 163 Å². The zero-order chi connectivity index (χ0) is 24.5. The highest BCUT2D eigenvalue weighted by molar-refractivity contribution is 6.09. The van der Waals surface area contributed by atoms with Crippen LogP contribution in [0.15, 0.2) is 67.3 Å². The number of nitrogens with zero attached hydrogens (tertiary/aromatic N) is 4. The van der Waals surface area contributed by atoms with Gasteiger partial charge in [0, 0.05) is 11.1 Å². The molecule has 5 rings (SSSR count). The smallest absolute Gasteiger partial charge is 0.338 e. The molecule has 0 saturated carbocycles. The van der Waals surface area contributed by atoms with Gasteiger partial charge in [-0.15, -0.1) is 0 Å². The van der Waals surface area contributed by atoms with Crippen molar-refractivity contribution >= 4 is 28.7 Å². The number of aliphatic hydroxyl groups excluding tert-OH is 2. The van der Waals surface area contributed by atoms with E-state index in [9.17, 15) is 19.8 Å². The van der Waals surface area contributed by atoms with Gasteiger partial charge in [0.15, 0.2) is 29.6 Å². The number of ether oxygens (including phenoxy) is 2. The maximum atomic E-state index is 12.8. The maximum absolute atomic E-state index is 12.8. The Morgan fingerprint density at radius 1 is 1.00 bits per heavy atom. The van der Waals surface area contributed by atoms with Crippen molar-refractivity contribution in [2.45, 2.75) is 24.5 Å². The van der Waals surface area contributed by atoms with Crippen molar-refractivity contribution in [1.82, 2.24) is 19.5 Å². The SMILES string of the molecule is Nc1ncnc2c1ncn2[C@@H]1O[C@H](CO)C(OC(=O)c2ccc(C(=O)c3ccccc3)cc2)C1O. The number of carbonyl (C=O) groups excluding carboxylic acids is 2. The molecule has 1 fully saturated rings. The van der Waals surface area contributed by atoms with Gasteiger partial charge in [-0.05, 0) is 12.1 Å². The van der Waals surface area contributed by atoms with E-state index >= 15 is 0 Å². The van der Waals surface area contributed by atoms with E-state index in [1.54, 1.807) is 24.3 Å². The number of rotatable bonds is 6. The van der Waals surface area contributed by atoms with Gasteiger partial charge < -0.3 is 25.4 Å². The molecule has 11 nitrogen and oxygen atoms in total. The predicted octanol–water partition coefficient (Wildman–Crippen LogP) is 1.12. The first-order valence-corrected chi connectivity index (χ1v) is 10.8. The number of anilines is 1. The lowest BCUT2D eigenvalue weighted by Crippen LogP contribution is -2.37. The molecule has 1 aliphatic rings. The molecule has 35 heavy (non-hydrogen) atoms. The van der Waals surface area contributed by atoms with Crippen LogP contribution in [0.1, 0.15) is 32.5 Å². The van der Waals surface area contributed by atoms with Gasteiger partial charge >= 0.3 is 5.97 Å². The first-order valence-electron chi connectivity index (χ1n) is 10.8. The Kier molecular flexibility index (Phi) is 5.95. The fourth-order valence-electron chi connectivity index (χ4n) is 4.00. The Hall–Kier alpha value is -4.19. The zero-order valence-corrected chi connectivity index (χ0v) is 18.3. The highest BCUT2D eigenvalue weighted by Gasteiger charge is 2.47. The van der Waals surface area contributed by atoms with Gasteiger partial charge in [0.1, 0.15) is 24.1 Å². The molecule has 1 saturated heterocycles. The second-order valence-corrected chi connectivity index (χ2v) is 7.96. The average Bonchev–Trinajstić information content (AvgIpc) is 3.46. The van der Waals surface area contributed by atoms with E-state index in [0.717, 1.165) is 0 Å². The Labute approximate surface area is 198 Å². The summed E-state index contributed by atoms with van der Waals surface area (Å²) < 4.78 is 12.7. The molecule has 3 heterocycles. The van der Waals surface area contributed by atoms with Crippen LogP contribution in [0.3, 0.4) is 0 Å². The molecule has 4 atom stereocenters. The van der Waals surface area contributed by atoms with Crippen LogP contribution in [0, 0.1) is 0 Å². The minimum atomic E-state index is -1.33. The Morgan fingerprint density at radius 2 is 1.69 bits per heavy atom. The molecule has 0 bridgehead atoms. The number of nitrogen functional groups attached to an aromatic ring is 1. The summed E-state index contributed by atoms with van der Waals surface area (Å²) in [7, 11) is 0. The van der Waals surface area contributed by atoms with E-state index < -0.39 is 37.1 Å². The Balaban J connectivity index is 1.33. The summed E-state index contributed by atoms with van der Waals surface area (Å²) in [5.41, 5.74) is 7.59. The fourth-order valence-corrected chi connectivity index (χ4v) is 4.00. The molecule has 1 aliphatic heterocycles. The van der Waals surface area contributed by atoms with Gasteiger partial charge in [-0.2, -0.15) is 0 Å². The number of benzene rings is 2. The minimum absolute atomic E-state index is 0.164.